The zero-order valence-corrected chi connectivity index (χ0v) is 13.8. The number of H-pyrrole nitrogens is 1. The molecular formula is C18H15ClN4O. The van der Waals surface area contributed by atoms with Gasteiger partial charge in [-0.25, -0.2) is 0 Å². The van der Waals surface area contributed by atoms with Crippen molar-refractivity contribution in [3.05, 3.63) is 59.6 Å². The molecule has 120 valence electrons. The molecule has 1 aliphatic heterocycles. The van der Waals surface area contributed by atoms with Crippen LogP contribution in [0.4, 0.5) is 5.82 Å². The number of anilines is 1. The molecule has 1 N–H and O–H groups in total. The molecule has 0 amide bonds. The smallest absolute Gasteiger partial charge is 0.214 e. The van der Waals surface area contributed by atoms with Crippen molar-refractivity contribution >= 4 is 34.5 Å². The monoisotopic (exact) mass is 338 g/mol. The van der Waals surface area contributed by atoms with E-state index in [0.717, 1.165) is 27.8 Å². The number of ether oxygens (including phenoxy) is 1. The first kappa shape index (κ1) is 14.8. The third-order valence-electron chi connectivity index (χ3n) is 4.00. The minimum absolute atomic E-state index is 0.600. The number of rotatable bonds is 3. The molecule has 0 aliphatic carbocycles. The molecule has 0 fully saturated rings. The summed E-state index contributed by atoms with van der Waals surface area (Å²) in [5.41, 5.74) is 2.92. The Bertz CT molecular complexity index is 946. The fourth-order valence-corrected chi connectivity index (χ4v) is 3.10. The van der Waals surface area contributed by atoms with Gasteiger partial charge in [0.15, 0.2) is 5.82 Å². The number of halogens is 1. The Hall–Kier alpha value is -2.79. The second kappa shape index (κ2) is 6.02. The van der Waals surface area contributed by atoms with Gasteiger partial charge >= 0.3 is 0 Å². The van der Waals surface area contributed by atoms with Gasteiger partial charge in [-0.3, -0.25) is 15.0 Å². The molecule has 0 atom stereocenters. The lowest BCUT2D eigenvalue weighted by molar-refractivity contribution is 0.279. The summed E-state index contributed by atoms with van der Waals surface area (Å²) in [5, 5.41) is 9.17. The van der Waals surface area contributed by atoms with Crippen LogP contribution in [-0.2, 0) is 4.74 Å². The van der Waals surface area contributed by atoms with Crippen LogP contribution in [0.25, 0.3) is 22.0 Å². The Morgan fingerprint density at radius 3 is 2.83 bits per heavy atom. The molecule has 0 bridgehead atoms. The number of nitrogens with one attached hydrogen (secondary N) is 1. The number of benzene rings is 2. The largest absolute Gasteiger partial charge is 0.481 e. The summed E-state index contributed by atoms with van der Waals surface area (Å²) in [4.78, 5) is 6.10. The number of aromatic amines is 1. The third kappa shape index (κ3) is 2.43. The molecule has 5 nitrogen and oxygen atoms in total. The van der Waals surface area contributed by atoms with Crippen molar-refractivity contribution in [2.24, 2.45) is 4.99 Å². The second-order valence-corrected chi connectivity index (χ2v) is 5.81. The van der Waals surface area contributed by atoms with Gasteiger partial charge in [0.2, 0.25) is 5.88 Å². The molecule has 0 unspecified atom stereocenters. The van der Waals surface area contributed by atoms with Crippen molar-refractivity contribution in [2.75, 3.05) is 18.6 Å². The third-order valence-corrected chi connectivity index (χ3v) is 4.31. The molecule has 1 aliphatic rings. The van der Waals surface area contributed by atoms with Gasteiger partial charge in [-0.1, -0.05) is 41.9 Å². The van der Waals surface area contributed by atoms with Crippen LogP contribution in [0, 0.1) is 0 Å². The summed E-state index contributed by atoms with van der Waals surface area (Å²) in [6.07, 6.45) is 3.50. The zero-order chi connectivity index (χ0) is 16.5. The minimum atomic E-state index is 0.600. The molecule has 2 aromatic carbocycles. The number of methoxy groups -OCH3 is 1. The summed E-state index contributed by atoms with van der Waals surface area (Å²) in [7, 11) is 1.63. The highest BCUT2D eigenvalue weighted by molar-refractivity contribution is 6.34. The van der Waals surface area contributed by atoms with Crippen LogP contribution in [-0.4, -0.2) is 30.1 Å². The van der Waals surface area contributed by atoms with E-state index in [2.05, 4.69) is 21.3 Å². The first-order valence-electron chi connectivity index (χ1n) is 7.54. The summed E-state index contributed by atoms with van der Waals surface area (Å²) in [5.74, 6) is 1.44. The molecule has 0 saturated heterocycles. The molecule has 1 aromatic heterocycles. The van der Waals surface area contributed by atoms with Gasteiger partial charge in [0.25, 0.3) is 0 Å². The van der Waals surface area contributed by atoms with E-state index in [1.165, 1.54) is 0 Å². The molecule has 3 aromatic rings. The lowest BCUT2D eigenvalue weighted by Crippen LogP contribution is -2.28. The molecular weight excluding hydrogens is 324 g/mol. The maximum Gasteiger partial charge on any atom is 0.214 e. The Morgan fingerprint density at radius 1 is 1.21 bits per heavy atom. The average molecular weight is 339 g/mol. The summed E-state index contributed by atoms with van der Waals surface area (Å²) in [6, 6.07) is 14.0. The van der Waals surface area contributed by atoms with Gasteiger partial charge in [0.05, 0.1) is 30.4 Å². The topological polar surface area (TPSA) is 53.5 Å². The van der Waals surface area contributed by atoms with Crippen molar-refractivity contribution in [1.82, 2.24) is 10.2 Å². The lowest BCUT2D eigenvalue weighted by Gasteiger charge is -2.24. The molecule has 0 radical (unpaired) electrons. The number of hydrogen-bond acceptors (Lipinski definition) is 4. The van der Waals surface area contributed by atoms with E-state index in [-0.39, 0.29) is 0 Å². The van der Waals surface area contributed by atoms with Crippen LogP contribution < -0.4 is 4.90 Å². The summed E-state index contributed by atoms with van der Waals surface area (Å²) >= 11 is 6.47. The summed E-state index contributed by atoms with van der Waals surface area (Å²) in [6.45, 7) is 0.600. The van der Waals surface area contributed by atoms with Crippen LogP contribution in [0.2, 0.25) is 5.02 Å². The van der Waals surface area contributed by atoms with Gasteiger partial charge in [0.1, 0.15) is 0 Å². The molecule has 0 saturated carbocycles. The van der Waals surface area contributed by atoms with E-state index in [1.807, 2.05) is 47.5 Å². The second-order valence-electron chi connectivity index (χ2n) is 5.40. The van der Waals surface area contributed by atoms with Crippen molar-refractivity contribution in [3.63, 3.8) is 0 Å². The predicted octanol–water partition coefficient (Wildman–Crippen LogP) is 4.22. The quantitative estimate of drug-likeness (QED) is 0.778. The normalized spacial score (nSPS) is 14.1. The van der Waals surface area contributed by atoms with Crippen molar-refractivity contribution in [3.8, 4) is 11.1 Å². The highest BCUT2D eigenvalue weighted by Gasteiger charge is 2.20. The number of nitrogens with zero attached hydrogens (tertiary/aromatic N) is 3. The lowest BCUT2D eigenvalue weighted by atomic mass is 10.0. The SMILES string of the molecule is COC1=CN=CCN1c1n[nH]c2cc(Cl)c(-c3ccccc3)cc12. The van der Waals surface area contributed by atoms with Crippen LogP contribution in [0.5, 0.6) is 0 Å². The van der Waals surface area contributed by atoms with E-state index in [1.54, 1.807) is 13.3 Å². The first-order chi connectivity index (χ1) is 11.8. The zero-order valence-electron chi connectivity index (χ0n) is 13.0. The van der Waals surface area contributed by atoms with Crippen LogP contribution in [0.3, 0.4) is 0 Å². The van der Waals surface area contributed by atoms with Crippen LogP contribution >= 0.6 is 11.6 Å². The van der Waals surface area contributed by atoms with E-state index >= 15 is 0 Å². The minimum Gasteiger partial charge on any atom is -0.481 e. The Kier molecular flexibility index (Phi) is 3.70. The Balaban J connectivity index is 1.87. The predicted molar refractivity (Wildman–Crippen MR) is 97.5 cm³/mol. The molecule has 4 rings (SSSR count). The van der Waals surface area contributed by atoms with Crippen molar-refractivity contribution < 1.29 is 4.74 Å². The summed E-state index contributed by atoms with van der Waals surface area (Å²) < 4.78 is 5.41. The van der Waals surface area contributed by atoms with E-state index in [0.29, 0.717) is 17.5 Å². The van der Waals surface area contributed by atoms with E-state index in [9.17, 15) is 0 Å². The highest BCUT2D eigenvalue weighted by Crippen LogP contribution is 2.36. The fraction of sp³-hybridized carbons (Fsp3) is 0.111. The average Bonchev–Trinajstić information content (AvgIpc) is 3.04. The van der Waals surface area contributed by atoms with Crippen LogP contribution in [0.1, 0.15) is 0 Å². The molecule has 24 heavy (non-hydrogen) atoms. The van der Waals surface area contributed by atoms with Gasteiger partial charge < -0.3 is 4.74 Å². The Morgan fingerprint density at radius 2 is 2.04 bits per heavy atom. The molecule has 2 heterocycles. The van der Waals surface area contributed by atoms with Gasteiger partial charge in [0, 0.05) is 17.2 Å². The standard InChI is InChI=1S/C18H15ClN4O/c1-24-17-11-20-7-8-23(17)18-14-9-13(12-5-3-2-4-6-12)15(19)10-16(14)21-22-18/h2-7,9-11H,8H2,1H3,(H,21,22). The molecule has 0 spiro atoms. The first-order valence-corrected chi connectivity index (χ1v) is 7.92. The number of aromatic nitrogens is 2. The van der Waals surface area contributed by atoms with Crippen LogP contribution in [0.15, 0.2) is 59.5 Å². The van der Waals surface area contributed by atoms with Gasteiger partial charge in [-0.05, 0) is 17.7 Å². The van der Waals surface area contributed by atoms with Gasteiger partial charge in [-0.2, -0.15) is 5.10 Å². The molecule has 6 heteroatoms. The van der Waals surface area contributed by atoms with Crippen molar-refractivity contribution in [2.45, 2.75) is 0 Å². The van der Waals surface area contributed by atoms with Crippen molar-refractivity contribution in [1.29, 1.82) is 0 Å². The number of aliphatic imine (C=N–C) groups is 1. The number of hydrogen-bond donors (Lipinski definition) is 1. The van der Waals surface area contributed by atoms with Gasteiger partial charge in [-0.15, -0.1) is 0 Å². The fourth-order valence-electron chi connectivity index (χ4n) is 2.83. The maximum atomic E-state index is 6.47. The Labute approximate surface area is 144 Å². The maximum absolute atomic E-state index is 6.47. The number of fused-ring (bicyclic) bond motifs is 1. The van der Waals surface area contributed by atoms with E-state index in [4.69, 9.17) is 16.3 Å². The highest BCUT2D eigenvalue weighted by atomic mass is 35.5. The van der Waals surface area contributed by atoms with E-state index < -0.39 is 0 Å².